The van der Waals surface area contributed by atoms with E-state index in [1.807, 2.05) is 36.7 Å². The molecule has 8 aromatic rings. The molecule has 3 heterocycles. The molecule has 4 heteroatoms. The Morgan fingerprint density at radius 3 is 1.92 bits per heavy atom. The van der Waals surface area contributed by atoms with E-state index in [0.29, 0.717) is 5.56 Å². The van der Waals surface area contributed by atoms with Crippen molar-refractivity contribution in [1.82, 2.24) is 9.55 Å². The van der Waals surface area contributed by atoms with Crippen molar-refractivity contribution >= 4 is 38.9 Å². The first-order valence-corrected chi connectivity index (χ1v) is 16.6. The fourth-order valence-corrected chi connectivity index (χ4v) is 7.68. The molecule has 0 bridgehead atoms. The first-order chi connectivity index (χ1) is 24.0. The molecule has 0 amide bonds. The average Bonchev–Trinajstić information content (AvgIpc) is 3.49. The van der Waals surface area contributed by atoms with E-state index < -0.39 is 0 Å². The van der Waals surface area contributed by atoms with E-state index in [9.17, 15) is 5.26 Å². The fourth-order valence-electron chi connectivity index (χ4n) is 7.68. The maximum absolute atomic E-state index is 9.35. The summed E-state index contributed by atoms with van der Waals surface area (Å²) >= 11 is 0. The lowest BCUT2D eigenvalue weighted by atomic mass is 9.73. The summed E-state index contributed by atoms with van der Waals surface area (Å²) in [6.07, 6.45) is 3.85. The summed E-state index contributed by atoms with van der Waals surface area (Å²) in [7, 11) is 0. The van der Waals surface area contributed by atoms with E-state index in [1.165, 1.54) is 27.9 Å². The van der Waals surface area contributed by atoms with Gasteiger partial charge in [0.15, 0.2) is 0 Å². The number of hydrogen-bond donors (Lipinski definition) is 0. The summed E-state index contributed by atoms with van der Waals surface area (Å²) in [5.41, 5.74) is 14.3. The number of anilines is 3. The Bertz CT molecular complexity index is 2500. The van der Waals surface area contributed by atoms with Crippen LogP contribution >= 0.6 is 0 Å². The normalized spacial score (nSPS) is 13.2. The molecule has 0 saturated heterocycles. The van der Waals surface area contributed by atoms with Crippen LogP contribution in [0, 0.1) is 11.3 Å². The van der Waals surface area contributed by atoms with Gasteiger partial charge in [-0.3, -0.25) is 4.98 Å². The van der Waals surface area contributed by atoms with Gasteiger partial charge in [-0.15, -0.1) is 0 Å². The maximum Gasteiger partial charge on any atom is 0.0991 e. The van der Waals surface area contributed by atoms with Crippen molar-refractivity contribution in [1.29, 1.82) is 5.26 Å². The van der Waals surface area contributed by atoms with Gasteiger partial charge in [-0.05, 0) is 94.0 Å². The second-order valence-electron chi connectivity index (χ2n) is 13.2. The number of pyridine rings is 1. The topological polar surface area (TPSA) is 44.9 Å². The fraction of sp³-hybridized carbons (Fsp3) is 0.0667. The van der Waals surface area contributed by atoms with Gasteiger partial charge in [0.05, 0.1) is 34.0 Å². The predicted molar refractivity (Wildman–Crippen MR) is 201 cm³/mol. The number of hydrogen-bond acceptors (Lipinski definition) is 3. The van der Waals surface area contributed by atoms with Crippen LogP contribution in [0.15, 0.2) is 158 Å². The lowest BCUT2D eigenvalue weighted by Gasteiger charge is -2.42. The van der Waals surface area contributed by atoms with Crippen molar-refractivity contribution in [2.24, 2.45) is 0 Å². The van der Waals surface area contributed by atoms with Crippen molar-refractivity contribution in [2.45, 2.75) is 19.3 Å². The summed E-state index contributed by atoms with van der Waals surface area (Å²) in [6.45, 7) is 4.65. The van der Waals surface area contributed by atoms with Gasteiger partial charge >= 0.3 is 0 Å². The third-order valence-electron chi connectivity index (χ3n) is 10.1. The van der Waals surface area contributed by atoms with Crippen molar-refractivity contribution in [2.75, 3.05) is 4.90 Å². The molecule has 232 valence electrons. The van der Waals surface area contributed by atoms with Crippen molar-refractivity contribution in [3.8, 4) is 34.0 Å². The zero-order chi connectivity index (χ0) is 33.1. The Balaban J connectivity index is 1.33. The molecule has 9 rings (SSSR count). The van der Waals surface area contributed by atoms with E-state index in [4.69, 9.17) is 0 Å². The van der Waals surface area contributed by atoms with Crippen molar-refractivity contribution in [3.05, 3.63) is 175 Å². The molecule has 0 radical (unpaired) electrons. The predicted octanol–water partition coefficient (Wildman–Crippen LogP) is 11.5. The second-order valence-corrected chi connectivity index (χ2v) is 13.2. The molecule has 0 aliphatic carbocycles. The smallest absolute Gasteiger partial charge is 0.0991 e. The molecule has 0 N–H and O–H groups in total. The molecule has 1 aliphatic heterocycles. The van der Waals surface area contributed by atoms with Crippen LogP contribution in [0.2, 0.25) is 0 Å². The van der Waals surface area contributed by atoms with E-state index >= 15 is 0 Å². The third kappa shape index (κ3) is 4.55. The van der Waals surface area contributed by atoms with Gasteiger partial charge in [0.2, 0.25) is 0 Å². The van der Waals surface area contributed by atoms with E-state index in [0.717, 1.165) is 50.0 Å². The Labute approximate surface area is 285 Å². The van der Waals surface area contributed by atoms with Gasteiger partial charge in [-0.1, -0.05) is 98.8 Å². The monoisotopic (exact) mass is 628 g/mol. The minimum absolute atomic E-state index is 0.153. The minimum Gasteiger partial charge on any atom is -0.310 e. The van der Waals surface area contributed by atoms with Gasteiger partial charge < -0.3 is 9.47 Å². The molecular formula is C45H32N4. The number of fused-ring (bicyclic) bond motifs is 5. The molecule has 2 aromatic heterocycles. The van der Waals surface area contributed by atoms with Gasteiger partial charge in [0, 0.05) is 40.0 Å². The van der Waals surface area contributed by atoms with Crippen LogP contribution in [0.5, 0.6) is 0 Å². The molecule has 0 spiro atoms. The van der Waals surface area contributed by atoms with Crippen LogP contribution in [0.25, 0.3) is 49.7 Å². The van der Waals surface area contributed by atoms with E-state index in [-0.39, 0.29) is 5.41 Å². The lowest BCUT2D eigenvalue weighted by molar-refractivity contribution is 0.632. The number of para-hydroxylation sites is 3. The molecule has 4 nitrogen and oxygen atoms in total. The number of rotatable bonds is 4. The van der Waals surface area contributed by atoms with Gasteiger partial charge in [0.1, 0.15) is 0 Å². The average molecular weight is 629 g/mol. The lowest BCUT2D eigenvalue weighted by Crippen LogP contribution is -2.30. The Morgan fingerprint density at radius 2 is 1.18 bits per heavy atom. The molecule has 1 aliphatic rings. The number of nitrogens with zero attached hydrogens (tertiary/aromatic N) is 4. The molecule has 0 unspecified atom stereocenters. The van der Waals surface area contributed by atoms with Crippen molar-refractivity contribution in [3.63, 3.8) is 0 Å². The van der Waals surface area contributed by atoms with Crippen LogP contribution in [0.3, 0.4) is 0 Å². The van der Waals surface area contributed by atoms with E-state index in [1.54, 1.807) is 0 Å². The van der Waals surface area contributed by atoms with Crippen LogP contribution in [0.1, 0.15) is 30.5 Å². The number of nitriles is 1. The minimum atomic E-state index is -0.153. The maximum atomic E-state index is 9.35. The quantitative estimate of drug-likeness (QED) is 0.195. The van der Waals surface area contributed by atoms with Crippen molar-refractivity contribution < 1.29 is 0 Å². The number of benzene rings is 6. The summed E-state index contributed by atoms with van der Waals surface area (Å²) in [5.74, 6) is 0. The highest BCUT2D eigenvalue weighted by Gasteiger charge is 2.36. The third-order valence-corrected chi connectivity index (χ3v) is 10.1. The number of aromatic nitrogens is 2. The molecule has 6 aromatic carbocycles. The highest BCUT2D eigenvalue weighted by atomic mass is 15.2. The van der Waals surface area contributed by atoms with Gasteiger partial charge in [-0.25, -0.2) is 0 Å². The zero-order valence-electron chi connectivity index (χ0n) is 27.3. The molecule has 0 atom stereocenters. The van der Waals surface area contributed by atoms with Gasteiger partial charge in [0.25, 0.3) is 0 Å². The standard InChI is InChI=1S/C45H32N4/c1-45(2)39-13-4-7-16-43(39)49(44-17-8-5-14-40(44)45)36-26-34(33-11-9-10-32(24-33)31-20-18-30(28-46)19-21-31)25-35(27-36)48-41-15-6-3-12-37(41)38-29-47-23-22-42(38)48/h3-27,29H,1-2H3. The molecule has 0 fully saturated rings. The largest absolute Gasteiger partial charge is 0.310 e. The molecular weight excluding hydrogens is 597 g/mol. The Morgan fingerprint density at radius 1 is 0.551 bits per heavy atom. The zero-order valence-corrected chi connectivity index (χ0v) is 27.3. The van der Waals surface area contributed by atoms with Crippen LogP contribution in [-0.4, -0.2) is 9.55 Å². The Kier molecular flexibility index (Phi) is 6.50. The summed E-state index contributed by atoms with van der Waals surface area (Å²) in [4.78, 5) is 6.93. The highest BCUT2D eigenvalue weighted by Crippen LogP contribution is 2.52. The summed E-state index contributed by atoms with van der Waals surface area (Å²) in [5, 5.41) is 11.7. The SMILES string of the molecule is CC1(C)c2ccccc2N(c2cc(-c3cccc(-c4ccc(C#N)cc4)c3)cc(-n3c4ccccc4c4cnccc43)c2)c2ccccc21. The van der Waals surface area contributed by atoms with Crippen LogP contribution in [0.4, 0.5) is 17.1 Å². The summed E-state index contributed by atoms with van der Waals surface area (Å²) in [6, 6.07) is 54.0. The van der Waals surface area contributed by atoms with Crippen LogP contribution in [-0.2, 0) is 5.41 Å². The molecule has 49 heavy (non-hydrogen) atoms. The Hall–Kier alpha value is -6.44. The van der Waals surface area contributed by atoms with Gasteiger partial charge in [-0.2, -0.15) is 5.26 Å². The van der Waals surface area contributed by atoms with Crippen LogP contribution < -0.4 is 4.90 Å². The highest BCUT2D eigenvalue weighted by molar-refractivity contribution is 6.09. The second kappa shape index (κ2) is 11.1. The first kappa shape index (κ1) is 28.8. The molecule has 0 saturated carbocycles. The van der Waals surface area contributed by atoms with E-state index in [2.05, 4.69) is 156 Å². The first-order valence-electron chi connectivity index (χ1n) is 16.6. The summed E-state index contributed by atoms with van der Waals surface area (Å²) < 4.78 is 2.37.